The molecule has 7 nitrogen and oxygen atoms in total. The summed E-state index contributed by atoms with van der Waals surface area (Å²) in [4.78, 5) is 42.8. The molecule has 138 valence electrons. The van der Waals surface area contributed by atoms with Crippen LogP contribution in [0.5, 0.6) is 0 Å². The molecule has 1 aromatic heterocycles. The van der Waals surface area contributed by atoms with Crippen LogP contribution in [0.4, 0.5) is 0 Å². The molecule has 0 unspecified atom stereocenters. The van der Waals surface area contributed by atoms with E-state index >= 15 is 0 Å². The zero-order chi connectivity index (χ0) is 18.5. The van der Waals surface area contributed by atoms with Crippen LogP contribution in [-0.4, -0.2) is 45.9 Å². The second-order valence-corrected chi connectivity index (χ2v) is 6.69. The van der Waals surface area contributed by atoms with Gasteiger partial charge in [0.25, 0.3) is 5.56 Å². The molecule has 1 aromatic carbocycles. The lowest BCUT2D eigenvalue weighted by molar-refractivity contribution is -0.132. The van der Waals surface area contributed by atoms with E-state index in [1.165, 1.54) is 17.3 Å². The Bertz CT molecular complexity index is 869. The Balaban J connectivity index is 1.55. The van der Waals surface area contributed by atoms with Gasteiger partial charge in [0, 0.05) is 26.1 Å². The van der Waals surface area contributed by atoms with Crippen molar-refractivity contribution in [1.29, 1.82) is 0 Å². The fourth-order valence-corrected chi connectivity index (χ4v) is 3.27. The first-order valence-electron chi connectivity index (χ1n) is 9.05. The van der Waals surface area contributed by atoms with Gasteiger partial charge in [-0.15, -0.1) is 0 Å². The zero-order valence-electron chi connectivity index (χ0n) is 15.0. The van der Waals surface area contributed by atoms with E-state index in [1.807, 2.05) is 17.9 Å². The molecular formula is C19H24N4O3. The molecule has 1 saturated heterocycles. The van der Waals surface area contributed by atoms with Crippen LogP contribution in [0.3, 0.4) is 0 Å². The van der Waals surface area contributed by atoms with Gasteiger partial charge in [-0.2, -0.15) is 0 Å². The van der Waals surface area contributed by atoms with E-state index in [2.05, 4.69) is 10.3 Å². The van der Waals surface area contributed by atoms with Gasteiger partial charge in [0.15, 0.2) is 0 Å². The molecule has 0 aliphatic carbocycles. The van der Waals surface area contributed by atoms with Gasteiger partial charge in [-0.05, 0) is 37.8 Å². The average molecular weight is 356 g/mol. The van der Waals surface area contributed by atoms with Crippen molar-refractivity contribution in [2.24, 2.45) is 0 Å². The van der Waals surface area contributed by atoms with Crippen molar-refractivity contribution in [2.45, 2.75) is 39.2 Å². The zero-order valence-corrected chi connectivity index (χ0v) is 15.0. The number of likely N-dealkylation sites (tertiary alicyclic amines) is 1. The summed E-state index contributed by atoms with van der Waals surface area (Å²) in [5.41, 5.74) is 1.34. The van der Waals surface area contributed by atoms with Crippen LogP contribution in [0.1, 0.15) is 31.2 Å². The van der Waals surface area contributed by atoms with Crippen LogP contribution in [0.25, 0.3) is 10.9 Å². The summed E-state index contributed by atoms with van der Waals surface area (Å²) in [5.74, 6) is -0.225. The maximum absolute atomic E-state index is 12.5. The summed E-state index contributed by atoms with van der Waals surface area (Å²) in [5, 5.41) is 3.21. The number of piperidine rings is 1. The summed E-state index contributed by atoms with van der Waals surface area (Å²) < 4.78 is 1.30. The first-order chi connectivity index (χ1) is 12.6. The van der Waals surface area contributed by atoms with Crippen LogP contribution >= 0.6 is 0 Å². The normalized spacial score (nSPS) is 14.4. The van der Waals surface area contributed by atoms with Crippen LogP contribution in [-0.2, 0) is 16.1 Å². The summed E-state index contributed by atoms with van der Waals surface area (Å²) in [6.07, 6.45) is 4.96. The first-order valence-corrected chi connectivity index (χ1v) is 9.05. The van der Waals surface area contributed by atoms with E-state index in [1.54, 1.807) is 12.1 Å². The van der Waals surface area contributed by atoms with Crippen molar-refractivity contribution in [2.75, 3.05) is 19.6 Å². The number of nitrogens with zero attached hydrogens (tertiary/aromatic N) is 3. The smallest absolute Gasteiger partial charge is 0.261 e. The van der Waals surface area contributed by atoms with E-state index < -0.39 is 0 Å². The maximum atomic E-state index is 12.5. The minimum absolute atomic E-state index is 0.0741. The highest BCUT2D eigenvalue weighted by atomic mass is 16.2. The Labute approximate surface area is 152 Å². The van der Waals surface area contributed by atoms with Gasteiger partial charge < -0.3 is 10.2 Å². The molecule has 3 rings (SSSR count). The topological polar surface area (TPSA) is 84.3 Å². The molecule has 0 saturated carbocycles. The summed E-state index contributed by atoms with van der Waals surface area (Å²) in [7, 11) is 0. The fraction of sp³-hybridized carbons (Fsp3) is 0.474. The second-order valence-electron chi connectivity index (χ2n) is 6.69. The van der Waals surface area contributed by atoms with Gasteiger partial charge in [-0.3, -0.25) is 19.0 Å². The minimum Gasteiger partial charge on any atom is -0.354 e. The van der Waals surface area contributed by atoms with E-state index in [0.29, 0.717) is 10.9 Å². The highest BCUT2D eigenvalue weighted by Crippen LogP contribution is 2.11. The van der Waals surface area contributed by atoms with Gasteiger partial charge in [-0.1, -0.05) is 12.1 Å². The fourth-order valence-electron chi connectivity index (χ4n) is 3.27. The third-order valence-corrected chi connectivity index (χ3v) is 4.74. The van der Waals surface area contributed by atoms with Crippen molar-refractivity contribution in [3.05, 3.63) is 40.4 Å². The highest BCUT2D eigenvalue weighted by molar-refractivity contribution is 5.81. The molecule has 0 atom stereocenters. The van der Waals surface area contributed by atoms with Crippen molar-refractivity contribution in [3.8, 4) is 0 Å². The monoisotopic (exact) mass is 356 g/mol. The number of hydrogen-bond acceptors (Lipinski definition) is 4. The third-order valence-electron chi connectivity index (χ3n) is 4.74. The minimum atomic E-state index is -0.299. The SMILES string of the molecule is Cc1cccc2c(=O)n(CC(=O)NCCC(=O)N3CCCCC3)cnc12. The number of para-hydroxylation sites is 1. The lowest BCUT2D eigenvalue weighted by atomic mass is 10.1. The number of carbonyl (C=O) groups excluding carboxylic acids is 2. The third kappa shape index (κ3) is 4.09. The van der Waals surface area contributed by atoms with Gasteiger partial charge in [0.05, 0.1) is 17.2 Å². The molecule has 1 N–H and O–H groups in total. The van der Waals surface area contributed by atoms with Crippen LogP contribution in [0.2, 0.25) is 0 Å². The summed E-state index contributed by atoms with van der Waals surface area (Å²) in [6, 6.07) is 5.41. The number of hydrogen-bond donors (Lipinski definition) is 1. The predicted octanol–water partition coefficient (Wildman–Crippen LogP) is 1.22. The van der Waals surface area contributed by atoms with Crippen molar-refractivity contribution in [1.82, 2.24) is 19.8 Å². The van der Waals surface area contributed by atoms with E-state index in [9.17, 15) is 14.4 Å². The predicted molar refractivity (Wildman–Crippen MR) is 98.8 cm³/mol. The number of nitrogens with one attached hydrogen (secondary N) is 1. The largest absolute Gasteiger partial charge is 0.354 e. The molecule has 26 heavy (non-hydrogen) atoms. The Hall–Kier alpha value is -2.70. The molecule has 1 aliphatic heterocycles. The quantitative estimate of drug-likeness (QED) is 0.873. The van der Waals surface area contributed by atoms with Gasteiger partial charge in [0.1, 0.15) is 6.54 Å². The molecular weight excluding hydrogens is 332 g/mol. The number of aryl methyl sites for hydroxylation is 1. The Morgan fingerprint density at radius 3 is 2.73 bits per heavy atom. The molecule has 1 fully saturated rings. The Kier molecular flexibility index (Phi) is 5.65. The van der Waals surface area contributed by atoms with E-state index in [0.717, 1.165) is 31.5 Å². The molecule has 1 aliphatic rings. The maximum Gasteiger partial charge on any atom is 0.261 e. The first kappa shape index (κ1) is 18.1. The van der Waals surface area contributed by atoms with Gasteiger partial charge >= 0.3 is 0 Å². The highest BCUT2D eigenvalue weighted by Gasteiger charge is 2.16. The van der Waals surface area contributed by atoms with Crippen LogP contribution in [0, 0.1) is 6.92 Å². The lowest BCUT2D eigenvalue weighted by Crippen LogP contribution is -2.38. The lowest BCUT2D eigenvalue weighted by Gasteiger charge is -2.26. The summed E-state index contributed by atoms with van der Waals surface area (Å²) >= 11 is 0. The number of amides is 2. The molecule has 2 amide bonds. The molecule has 2 aromatic rings. The number of rotatable bonds is 5. The van der Waals surface area contributed by atoms with Crippen molar-refractivity contribution >= 4 is 22.7 Å². The summed E-state index contributed by atoms with van der Waals surface area (Å²) in [6.45, 7) is 3.69. The van der Waals surface area contributed by atoms with Gasteiger partial charge in [-0.25, -0.2) is 4.98 Å². The number of fused-ring (bicyclic) bond motifs is 1. The number of aromatic nitrogens is 2. The number of benzene rings is 1. The molecule has 7 heteroatoms. The second kappa shape index (κ2) is 8.12. The van der Waals surface area contributed by atoms with E-state index in [4.69, 9.17) is 0 Å². The molecule has 0 bridgehead atoms. The van der Waals surface area contributed by atoms with Gasteiger partial charge in [0.2, 0.25) is 11.8 Å². The average Bonchev–Trinajstić information content (AvgIpc) is 2.65. The molecule has 0 radical (unpaired) electrons. The van der Waals surface area contributed by atoms with Crippen LogP contribution in [0.15, 0.2) is 29.3 Å². The van der Waals surface area contributed by atoms with E-state index in [-0.39, 0.29) is 36.9 Å². The van der Waals surface area contributed by atoms with Crippen LogP contribution < -0.4 is 10.9 Å². The molecule has 2 heterocycles. The Morgan fingerprint density at radius 1 is 1.19 bits per heavy atom. The van der Waals surface area contributed by atoms with Crippen molar-refractivity contribution < 1.29 is 9.59 Å². The van der Waals surface area contributed by atoms with Crippen molar-refractivity contribution in [3.63, 3.8) is 0 Å². The number of carbonyl (C=O) groups is 2. The standard InChI is InChI=1S/C19H24N4O3/c1-14-6-5-7-15-18(14)21-13-23(19(15)26)12-16(24)20-9-8-17(25)22-10-3-2-4-11-22/h5-7,13H,2-4,8-12H2,1H3,(H,20,24). The Morgan fingerprint density at radius 2 is 1.96 bits per heavy atom. The molecule has 0 spiro atoms.